The van der Waals surface area contributed by atoms with Gasteiger partial charge >= 0.3 is 0 Å². The van der Waals surface area contributed by atoms with Crippen molar-refractivity contribution < 1.29 is 0 Å². The summed E-state index contributed by atoms with van der Waals surface area (Å²) in [5, 5.41) is 5.76. The number of rotatable bonds is 0. The fourth-order valence-electron chi connectivity index (χ4n) is 3.72. The Morgan fingerprint density at radius 1 is 0.950 bits per heavy atom. The molecular formula is C20H20. The van der Waals surface area contributed by atoms with Gasteiger partial charge in [0.25, 0.3) is 0 Å². The maximum Gasteiger partial charge on any atom is -0.00791 e. The molecular weight excluding hydrogens is 240 g/mol. The molecule has 4 rings (SSSR count). The highest BCUT2D eigenvalue weighted by molar-refractivity contribution is 5.48. The maximum absolute atomic E-state index is 2.45. The van der Waals surface area contributed by atoms with E-state index in [1.807, 2.05) is 0 Å². The van der Waals surface area contributed by atoms with Crippen LogP contribution in [0.3, 0.4) is 0 Å². The highest BCUT2D eigenvalue weighted by atomic mass is 14.2. The standard InChI is InChI=1S/C20H20/c1-13-3-7-17-15(11-13)5-9-20-18-8-4-14(2)12-16(18)6-10-19(17)20/h3,5-7,10-12,14H,4,8-9H2,1-2H3. The molecule has 0 saturated carbocycles. The SMILES string of the molecule is Cc1ccc2c(c1)=CCc1c3c(ccc1=2)=CC(C)CC3. The van der Waals surface area contributed by atoms with Crippen LogP contribution in [-0.4, -0.2) is 0 Å². The lowest BCUT2D eigenvalue weighted by Gasteiger charge is -2.19. The molecule has 0 radical (unpaired) electrons. The van der Waals surface area contributed by atoms with Crippen LogP contribution in [0.25, 0.3) is 12.2 Å². The first-order chi connectivity index (χ1) is 9.72. The predicted molar refractivity (Wildman–Crippen MR) is 84.7 cm³/mol. The van der Waals surface area contributed by atoms with Crippen LogP contribution in [0.15, 0.2) is 30.3 Å². The van der Waals surface area contributed by atoms with Gasteiger partial charge in [0.1, 0.15) is 0 Å². The van der Waals surface area contributed by atoms with Gasteiger partial charge in [0, 0.05) is 0 Å². The van der Waals surface area contributed by atoms with Crippen LogP contribution in [0.1, 0.15) is 30.0 Å². The number of benzene rings is 2. The van der Waals surface area contributed by atoms with Gasteiger partial charge < -0.3 is 0 Å². The zero-order valence-electron chi connectivity index (χ0n) is 12.2. The topological polar surface area (TPSA) is 0 Å². The summed E-state index contributed by atoms with van der Waals surface area (Å²) in [6.45, 7) is 4.50. The number of aryl methyl sites for hydroxylation is 1. The van der Waals surface area contributed by atoms with Crippen LogP contribution in [-0.2, 0) is 12.8 Å². The summed E-state index contributed by atoms with van der Waals surface area (Å²) in [6.07, 6.45) is 8.49. The molecule has 1 unspecified atom stereocenters. The monoisotopic (exact) mass is 260 g/mol. The number of hydrogen-bond donors (Lipinski definition) is 0. The summed E-state index contributed by atoms with van der Waals surface area (Å²) in [5.41, 5.74) is 4.52. The molecule has 100 valence electrons. The van der Waals surface area contributed by atoms with Crippen LogP contribution in [0.4, 0.5) is 0 Å². The second-order valence-corrected chi connectivity index (χ2v) is 6.34. The van der Waals surface area contributed by atoms with Crippen molar-refractivity contribution in [2.45, 2.75) is 33.1 Å². The third-order valence-electron chi connectivity index (χ3n) is 4.80. The van der Waals surface area contributed by atoms with E-state index in [4.69, 9.17) is 0 Å². The molecule has 0 bridgehead atoms. The molecule has 2 aromatic rings. The zero-order valence-corrected chi connectivity index (χ0v) is 12.2. The number of hydrogen-bond acceptors (Lipinski definition) is 0. The Hall–Kier alpha value is -1.82. The van der Waals surface area contributed by atoms with Crippen molar-refractivity contribution in [2.24, 2.45) is 5.92 Å². The van der Waals surface area contributed by atoms with Gasteiger partial charge in [-0.3, -0.25) is 0 Å². The van der Waals surface area contributed by atoms with Gasteiger partial charge in [-0.2, -0.15) is 0 Å². The molecule has 0 amide bonds. The summed E-state index contributed by atoms with van der Waals surface area (Å²) in [4.78, 5) is 0. The van der Waals surface area contributed by atoms with E-state index in [1.54, 1.807) is 11.1 Å². The summed E-state index contributed by atoms with van der Waals surface area (Å²) in [7, 11) is 0. The van der Waals surface area contributed by atoms with Crippen molar-refractivity contribution in [3.05, 3.63) is 67.9 Å². The minimum Gasteiger partial charge on any atom is -0.0741 e. The molecule has 1 atom stereocenters. The molecule has 0 aromatic heterocycles. The Morgan fingerprint density at radius 3 is 2.70 bits per heavy atom. The van der Waals surface area contributed by atoms with Crippen molar-refractivity contribution in [3.8, 4) is 0 Å². The minimum absolute atomic E-state index is 0.725. The summed E-state index contributed by atoms with van der Waals surface area (Å²) < 4.78 is 0. The van der Waals surface area contributed by atoms with E-state index < -0.39 is 0 Å². The predicted octanol–water partition coefficient (Wildman–Crippen LogP) is 2.98. The Bertz CT molecular complexity index is 900. The zero-order chi connectivity index (χ0) is 13.7. The first-order valence-electron chi connectivity index (χ1n) is 7.66. The third-order valence-corrected chi connectivity index (χ3v) is 4.80. The molecule has 2 aliphatic carbocycles. The highest BCUT2D eigenvalue weighted by Gasteiger charge is 2.14. The van der Waals surface area contributed by atoms with E-state index in [1.165, 1.54) is 39.3 Å². The molecule has 0 heteroatoms. The molecule has 2 aliphatic rings. The molecule has 0 nitrogen and oxygen atoms in total. The molecule has 20 heavy (non-hydrogen) atoms. The van der Waals surface area contributed by atoms with Crippen LogP contribution < -0.4 is 10.4 Å². The Morgan fingerprint density at radius 2 is 1.80 bits per heavy atom. The van der Waals surface area contributed by atoms with Gasteiger partial charge in [-0.15, -0.1) is 0 Å². The Balaban J connectivity index is 2.16. The fourth-order valence-corrected chi connectivity index (χ4v) is 3.72. The summed E-state index contributed by atoms with van der Waals surface area (Å²) >= 11 is 0. The first-order valence-corrected chi connectivity index (χ1v) is 7.66. The minimum atomic E-state index is 0.725. The average Bonchev–Trinajstić information content (AvgIpc) is 2.45. The van der Waals surface area contributed by atoms with Crippen LogP contribution in [0.2, 0.25) is 0 Å². The van der Waals surface area contributed by atoms with E-state index in [0.29, 0.717) is 0 Å². The van der Waals surface area contributed by atoms with E-state index >= 15 is 0 Å². The lowest BCUT2D eigenvalue weighted by molar-refractivity contribution is 0.656. The van der Waals surface area contributed by atoms with Crippen LogP contribution in [0.5, 0.6) is 0 Å². The van der Waals surface area contributed by atoms with Gasteiger partial charge in [0.05, 0.1) is 0 Å². The van der Waals surface area contributed by atoms with Gasteiger partial charge in [0.15, 0.2) is 0 Å². The molecule has 2 aromatic carbocycles. The van der Waals surface area contributed by atoms with Crippen LogP contribution in [0, 0.1) is 23.3 Å². The summed E-state index contributed by atoms with van der Waals surface area (Å²) in [6, 6.07) is 11.5. The smallest absolute Gasteiger partial charge is 0.00791 e. The van der Waals surface area contributed by atoms with Crippen LogP contribution >= 0.6 is 0 Å². The van der Waals surface area contributed by atoms with Crippen molar-refractivity contribution in [2.75, 3.05) is 0 Å². The largest absolute Gasteiger partial charge is 0.0741 e. The third kappa shape index (κ3) is 1.75. The summed E-state index contributed by atoms with van der Waals surface area (Å²) in [5.74, 6) is 0.725. The quantitative estimate of drug-likeness (QED) is 0.683. The second-order valence-electron chi connectivity index (χ2n) is 6.34. The van der Waals surface area contributed by atoms with Gasteiger partial charge in [-0.05, 0) is 64.1 Å². The molecule has 0 aliphatic heterocycles. The van der Waals surface area contributed by atoms with E-state index in [0.717, 1.165) is 12.3 Å². The van der Waals surface area contributed by atoms with E-state index in [-0.39, 0.29) is 0 Å². The van der Waals surface area contributed by atoms with Gasteiger partial charge in [-0.1, -0.05) is 55.0 Å². The molecule has 0 N–H and O–H groups in total. The van der Waals surface area contributed by atoms with Crippen molar-refractivity contribution in [1.29, 1.82) is 0 Å². The molecule has 0 saturated heterocycles. The van der Waals surface area contributed by atoms with Crippen molar-refractivity contribution >= 4 is 12.2 Å². The number of fused-ring (bicyclic) bond motifs is 4. The first kappa shape index (κ1) is 12.0. The highest BCUT2D eigenvalue weighted by Crippen LogP contribution is 2.20. The second kappa shape index (κ2) is 4.34. The maximum atomic E-state index is 2.45. The lowest BCUT2D eigenvalue weighted by Crippen LogP contribution is -2.22. The lowest BCUT2D eigenvalue weighted by atomic mass is 9.86. The van der Waals surface area contributed by atoms with E-state index in [9.17, 15) is 0 Å². The average molecular weight is 260 g/mol. The molecule has 0 spiro atoms. The van der Waals surface area contributed by atoms with Gasteiger partial charge in [-0.25, -0.2) is 0 Å². The Kier molecular flexibility index (Phi) is 2.60. The normalized spacial score (nSPS) is 19.2. The Labute approximate surface area is 119 Å². The molecule has 0 fully saturated rings. The van der Waals surface area contributed by atoms with E-state index in [2.05, 4.69) is 56.3 Å². The van der Waals surface area contributed by atoms with Crippen molar-refractivity contribution in [3.63, 3.8) is 0 Å². The van der Waals surface area contributed by atoms with Crippen molar-refractivity contribution in [1.82, 2.24) is 0 Å². The fraction of sp³-hybridized carbons (Fsp3) is 0.300. The molecule has 0 heterocycles. The van der Waals surface area contributed by atoms with Gasteiger partial charge in [0.2, 0.25) is 0 Å².